The predicted molar refractivity (Wildman–Crippen MR) is 74.5 cm³/mol. The number of anilines is 1. The van der Waals surface area contributed by atoms with Gasteiger partial charge >= 0.3 is 5.97 Å². The van der Waals surface area contributed by atoms with Gasteiger partial charge in [-0.2, -0.15) is 0 Å². The van der Waals surface area contributed by atoms with Gasteiger partial charge in [0.1, 0.15) is 0 Å². The number of carboxylic acids is 1. The first kappa shape index (κ1) is 13.5. The number of fused-ring (bicyclic) bond motifs is 1. The highest BCUT2D eigenvalue weighted by molar-refractivity contribution is 7.18. The molecule has 2 rings (SSSR count). The van der Waals surface area contributed by atoms with Gasteiger partial charge in [-0.15, -0.1) is 11.3 Å². The second kappa shape index (κ2) is 5.79. The van der Waals surface area contributed by atoms with Crippen LogP contribution in [0.5, 0.6) is 0 Å². The maximum Gasteiger partial charge on any atom is 0.303 e. The normalized spacial score (nSPS) is 10.6. The number of hydrogen-bond donors (Lipinski definition) is 2. The van der Waals surface area contributed by atoms with E-state index in [9.17, 15) is 9.59 Å². The molecular formula is C13H14N2O3S. The lowest BCUT2D eigenvalue weighted by molar-refractivity contribution is -0.137. The van der Waals surface area contributed by atoms with Crippen molar-refractivity contribution in [2.75, 3.05) is 5.32 Å². The molecule has 0 radical (unpaired) electrons. The van der Waals surface area contributed by atoms with E-state index in [1.54, 1.807) is 17.4 Å². The molecule has 0 atom stereocenters. The highest BCUT2D eigenvalue weighted by Gasteiger charge is 2.06. The van der Waals surface area contributed by atoms with Gasteiger partial charge in [0.2, 0.25) is 5.91 Å². The van der Waals surface area contributed by atoms with Crippen molar-refractivity contribution in [2.24, 2.45) is 0 Å². The Bertz CT molecular complexity index is 621. The topological polar surface area (TPSA) is 79.3 Å². The number of benzene rings is 1. The molecule has 0 saturated heterocycles. The van der Waals surface area contributed by atoms with Crippen molar-refractivity contribution in [1.82, 2.24) is 4.98 Å². The number of carboxylic acid groups (broad SMARTS) is 1. The Morgan fingerprint density at radius 1 is 1.37 bits per heavy atom. The largest absolute Gasteiger partial charge is 0.481 e. The number of thiazole rings is 1. The Kier molecular flexibility index (Phi) is 4.11. The summed E-state index contributed by atoms with van der Waals surface area (Å²) in [4.78, 5) is 26.3. The third-order valence-corrected chi connectivity index (χ3v) is 3.51. The molecule has 5 nitrogen and oxygen atoms in total. The van der Waals surface area contributed by atoms with Crippen molar-refractivity contribution in [3.63, 3.8) is 0 Å². The number of aromatic nitrogens is 1. The van der Waals surface area contributed by atoms with Crippen LogP contribution in [0, 0.1) is 6.92 Å². The molecule has 2 aromatic rings. The minimum atomic E-state index is -0.880. The molecule has 6 heteroatoms. The summed E-state index contributed by atoms with van der Waals surface area (Å²) in [6.45, 7) is 1.94. The molecule has 0 spiro atoms. The zero-order valence-electron chi connectivity index (χ0n) is 10.5. The van der Waals surface area contributed by atoms with Gasteiger partial charge in [-0.05, 0) is 31.5 Å². The molecule has 0 aliphatic carbocycles. The van der Waals surface area contributed by atoms with E-state index in [1.807, 2.05) is 19.1 Å². The van der Waals surface area contributed by atoms with E-state index >= 15 is 0 Å². The quantitative estimate of drug-likeness (QED) is 0.881. The summed E-state index contributed by atoms with van der Waals surface area (Å²) in [6, 6.07) is 5.55. The second-order valence-electron chi connectivity index (χ2n) is 4.21. The summed E-state index contributed by atoms with van der Waals surface area (Å²) >= 11 is 1.58. The van der Waals surface area contributed by atoms with Gasteiger partial charge in [-0.1, -0.05) is 0 Å². The zero-order valence-corrected chi connectivity index (χ0v) is 11.3. The number of amides is 1. The number of carbonyl (C=O) groups is 2. The lowest BCUT2D eigenvalue weighted by atomic mass is 10.2. The van der Waals surface area contributed by atoms with Crippen LogP contribution in [-0.2, 0) is 9.59 Å². The van der Waals surface area contributed by atoms with Crippen LogP contribution in [0.2, 0.25) is 0 Å². The Morgan fingerprint density at radius 3 is 2.89 bits per heavy atom. The average molecular weight is 278 g/mol. The average Bonchev–Trinajstić information content (AvgIpc) is 2.67. The highest BCUT2D eigenvalue weighted by atomic mass is 32.1. The fourth-order valence-electron chi connectivity index (χ4n) is 1.74. The van der Waals surface area contributed by atoms with Crippen molar-refractivity contribution >= 4 is 39.1 Å². The van der Waals surface area contributed by atoms with E-state index in [0.29, 0.717) is 6.42 Å². The third-order valence-electron chi connectivity index (χ3n) is 2.57. The standard InChI is InChI=1S/C13H14N2O3S/c1-8-14-10-6-5-9(7-11(10)19-8)15-12(16)3-2-4-13(17)18/h5-7H,2-4H2,1H3,(H,15,16)(H,17,18). The molecule has 1 aromatic carbocycles. The number of aliphatic carboxylic acids is 1. The molecule has 1 aromatic heterocycles. The second-order valence-corrected chi connectivity index (χ2v) is 5.45. The Labute approximate surface area is 114 Å². The van der Waals surface area contributed by atoms with Gasteiger partial charge in [0.15, 0.2) is 0 Å². The number of nitrogens with zero attached hydrogens (tertiary/aromatic N) is 1. The summed E-state index contributed by atoms with van der Waals surface area (Å²) in [5.74, 6) is -1.05. The van der Waals surface area contributed by atoms with E-state index in [-0.39, 0.29) is 18.7 Å². The highest BCUT2D eigenvalue weighted by Crippen LogP contribution is 2.24. The number of carbonyl (C=O) groups excluding carboxylic acids is 1. The van der Waals surface area contributed by atoms with E-state index < -0.39 is 5.97 Å². The predicted octanol–water partition coefficient (Wildman–Crippen LogP) is 2.80. The summed E-state index contributed by atoms with van der Waals surface area (Å²) in [5.41, 5.74) is 1.64. The molecule has 0 unspecified atom stereocenters. The number of aryl methyl sites for hydroxylation is 1. The maximum atomic E-state index is 11.6. The molecule has 2 N–H and O–H groups in total. The lowest BCUT2D eigenvalue weighted by Crippen LogP contribution is -2.11. The van der Waals surface area contributed by atoms with Crippen LogP contribution in [0.3, 0.4) is 0 Å². The van der Waals surface area contributed by atoms with Crippen LogP contribution >= 0.6 is 11.3 Å². The van der Waals surface area contributed by atoms with E-state index in [0.717, 1.165) is 20.9 Å². The number of hydrogen-bond acceptors (Lipinski definition) is 4. The molecule has 0 saturated carbocycles. The van der Waals surface area contributed by atoms with Crippen LogP contribution in [0.1, 0.15) is 24.3 Å². The van der Waals surface area contributed by atoms with Crippen molar-refractivity contribution in [3.05, 3.63) is 23.2 Å². The minimum absolute atomic E-state index is 0.0144. The van der Waals surface area contributed by atoms with Crippen LogP contribution in [0.15, 0.2) is 18.2 Å². The molecule has 1 amide bonds. The Morgan fingerprint density at radius 2 is 2.16 bits per heavy atom. The SMILES string of the molecule is Cc1nc2ccc(NC(=O)CCCC(=O)O)cc2s1. The van der Waals surface area contributed by atoms with Crippen LogP contribution in [0.25, 0.3) is 10.2 Å². The number of rotatable bonds is 5. The smallest absolute Gasteiger partial charge is 0.303 e. The maximum absolute atomic E-state index is 11.6. The fraction of sp³-hybridized carbons (Fsp3) is 0.308. The van der Waals surface area contributed by atoms with E-state index in [4.69, 9.17) is 5.11 Å². The van der Waals surface area contributed by atoms with Crippen LogP contribution in [-0.4, -0.2) is 22.0 Å². The van der Waals surface area contributed by atoms with Crippen LogP contribution in [0.4, 0.5) is 5.69 Å². The molecule has 0 aliphatic heterocycles. The molecule has 19 heavy (non-hydrogen) atoms. The Hall–Kier alpha value is -1.95. The molecular weight excluding hydrogens is 264 g/mol. The van der Waals surface area contributed by atoms with Crippen molar-refractivity contribution < 1.29 is 14.7 Å². The van der Waals surface area contributed by atoms with Gasteiger partial charge < -0.3 is 10.4 Å². The third kappa shape index (κ3) is 3.75. The monoisotopic (exact) mass is 278 g/mol. The molecule has 1 heterocycles. The molecule has 0 bridgehead atoms. The summed E-state index contributed by atoms with van der Waals surface area (Å²) in [7, 11) is 0. The van der Waals surface area contributed by atoms with Crippen molar-refractivity contribution in [2.45, 2.75) is 26.2 Å². The first-order valence-electron chi connectivity index (χ1n) is 5.93. The summed E-state index contributed by atoms with van der Waals surface area (Å²) in [5, 5.41) is 12.2. The van der Waals surface area contributed by atoms with Crippen molar-refractivity contribution in [3.8, 4) is 0 Å². The van der Waals surface area contributed by atoms with Crippen molar-refractivity contribution in [1.29, 1.82) is 0 Å². The van der Waals surface area contributed by atoms with Crippen LogP contribution < -0.4 is 5.32 Å². The molecule has 0 aliphatic rings. The number of nitrogens with one attached hydrogen (secondary N) is 1. The van der Waals surface area contributed by atoms with Gasteiger partial charge in [0, 0.05) is 18.5 Å². The van der Waals surface area contributed by atoms with E-state index in [2.05, 4.69) is 10.3 Å². The Balaban J connectivity index is 1.96. The summed E-state index contributed by atoms with van der Waals surface area (Å²) < 4.78 is 1.03. The van der Waals surface area contributed by atoms with Gasteiger partial charge in [0.25, 0.3) is 0 Å². The molecule has 100 valence electrons. The zero-order chi connectivity index (χ0) is 13.8. The van der Waals surface area contributed by atoms with E-state index in [1.165, 1.54) is 0 Å². The minimum Gasteiger partial charge on any atom is -0.481 e. The van der Waals surface area contributed by atoms with Gasteiger partial charge in [0.05, 0.1) is 15.2 Å². The first-order valence-corrected chi connectivity index (χ1v) is 6.75. The first-order chi connectivity index (χ1) is 9.04. The van der Waals surface area contributed by atoms with Gasteiger partial charge in [-0.3, -0.25) is 9.59 Å². The lowest BCUT2D eigenvalue weighted by Gasteiger charge is -2.04. The fourth-order valence-corrected chi connectivity index (χ4v) is 2.61. The molecule has 0 fully saturated rings. The summed E-state index contributed by atoms with van der Waals surface area (Å²) in [6.07, 6.45) is 0.579. The van der Waals surface area contributed by atoms with Gasteiger partial charge in [-0.25, -0.2) is 4.98 Å².